The summed E-state index contributed by atoms with van der Waals surface area (Å²) in [6.07, 6.45) is 0.865. The van der Waals surface area contributed by atoms with E-state index < -0.39 is 12.0 Å². The third kappa shape index (κ3) is 5.70. The summed E-state index contributed by atoms with van der Waals surface area (Å²) in [5.41, 5.74) is 4.20. The van der Waals surface area contributed by atoms with Crippen molar-refractivity contribution in [3.63, 3.8) is 0 Å². The van der Waals surface area contributed by atoms with Crippen molar-refractivity contribution in [2.75, 3.05) is 13.1 Å². The van der Waals surface area contributed by atoms with Gasteiger partial charge in [-0.05, 0) is 23.6 Å². The molecule has 2 heterocycles. The number of hydrogen-bond donors (Lipinski definition) is 4. The second-order valence-electron chi connectivity index (χ2n) is 8.41. The van der Waals surface area contributed by atoms with Gasteiger partial charge in [-0.15, -0.1) is 0 Å². The summed E-state index contributed by atoms with van der Waals surface area (Å²) in [6.45, 7) is 2.50. The third-order valence-electron chi connectivity index (χ3n) is 6.10. The number of benzene rings is 2. The molecule has 1 aliphatic rings. The van der Waals surface area contributed by atoms with Crippen molar-refractivity contribution in [3.05, 3.63) is 71.4 Å². The minimum absolute atomic E-state index is 0.0772. The number of ether oxygens (including phenoxy) is 1. The number of amides is 1. The summed E-state index contributed by atoms with van der Waals surface area (Å²) < 4.78 is 5.26. The highest BCUT2D eigenvalue weighted by Gasteiger charge is 2.28. The van der Waals surface area contributed by atoms with Gasteiger partial charge in [0.1, 0.15) is 6.61 Å². The molecule has 1 amide bonds. The van der Waals surface area contributed by atoms with E-state index in [2.05, 4.69) is 27.0 Å². The van der Waals surface area contributed by atoms with E-state index in [1.165, 1.54) is 0 Å². The number of H-pyrrole nitrogens is 1. The van der Waals surface area contributed by atoms with E-state index in [1.54, 1.807) is 6.92 Å². The number of carbonyl (C=O) groups excluding carboxylic acids is 3. The predicted molar refractivity (Wildman–Crippen MR) is 129 cm³/mol. The highest BCUT2D eigenvalue weighted by molar-refractivity contribution is 5.89. The topological polar surface area (TPSA) is 112 Å². The van der Waals surface area contributed by atoms with Crippen molar-refractivity contribution < 1.29 is 19.1 Å². The van der Waals surface area contributed by atoms with Crippen LogP contribution in [0.1, 0.15) is 30.2 Å². The first-order valence-electron chi connectivity index (χ1n) is 11.6. The molecule has 0 bridgehead atoms. The summed E-state index contributed by atoms with van der Waals surface area (Å²) in [4.78, 5) is 40.8. The van der Waals surface area contributed by atoms with Crippen molar-refractivity contribution in [2.45, 2.75) is 45.0 Å². The molecule has 8 nitrogen and oxygen atoms in total. The Labute approximate surface area is 198 Å². The molecule has 0 spiro atoms. The minimum atomic E-state index is -0.662. The molecule has 4 N–H and O–H groups in total. The first kappa shape index (κ1) is 23.7. The number of fused-ring (bicyclic) bond motifs is 3. The lowest BCUT2D eigenvalue weighted by atomic mass is 9.98. The lowest BCUT2D eigenvalue weighted by Crippen LogP contribution is -2.53. The monoisotopic (exact) mass is 462 g/mol. The first-order chi connectivity index (χ1) is 16.5. The van der Waals surface area contributed by atoms with Gasteiger partial charge in [-0.2, -0.15) is 0 Å². The van der Waals surface area contributed by atoms with Gasteiger partial charge in [-0.25, -0.2) is 0 Å². The van der Waals surface area contributed by atoms with Gasteiger partial charge in [0, 0.05) is 36.1 Å². The fourth-order valence-electron chi connectivity index (χ4n) is 4.19. The van der Waals surface area contributed by atoms with Crippen LogP contribution in [0.5, 0.6) is 0 Å². The standard InChI is InChI=1S/C26H30N4O4/c1-2-24(31)23(28-15-25(32)34-16-17-8-4-3-5-9-17)14-29-26(33)21-12-19-18-10-6-7-11-20(18)30-22(19)13-27-21/h3-11,21,23,27-28,30H,2,12-16H2,1H3,(H,29,33)/t21?,23-/m0/s1. The summed E-state index contributed by atoms with van der Waals surface area (Å²) in [7, 11) is 0. The molecule has 0 radical (unpaired) electrons. The van der Waals surface area contributed by atoms with Crippen LogP contribution in [0, 0.1) is 0 Å². The Kier molecular flexibility index (Phi) is 7.72. The number of aromatic amines is 1. The van der Waals surface area contributed by atoms with Crippen LogP contribution in [0.4, 0.5) is 0 Å². The van der Waals surface area contributed by atoms with E-state index in [-0.39, 0.29) is 37.4 Å². The van der Waals surface area contributed by atoms with Crippen molar-refractivity contribution in [2.24, 2.45) is 0 Å². The van der Waals surface area contributed by atoms with Gasteiger partial charge in [0.2, 0.25) is 5.91 Å². The van der Waals surface area contributed by atoms with E-state index in [9.17, 15) is 14.4 Å². The van der Waals surface area contributed by atoms with E-state index in [1.807, 2.05) is 48.5 Å². The summed E-state index contributed by atoms with van der Waals surface area (Å²) >= 11 is 0. The Hall–Kier alpha value is -3.49. The van der Waals surface area contributed by atoms with Crippen molar-refractivity contribution in [3.8, 4) is 0 Å². The van der Waals surface area contributed by atoms with Gasteiger partial charge in [-0.1, -0.05) is 55.5 Å². The Morgan fingerprint density at radius 3 is 2.65 bits per heavy atom. The van der Waals surface area contributed by atoms with E-state index >= 15 is 0 Å². The van der Waals surface area contributed by atoms with Crippen LogP contribution in [-0.2, 0) is 38.7 Å². The maximum Gasteiger partial charge on any atom is 0.320 e. The average molecular weight is 463 g/mol. The largest absolute Gasteiger partial charge is 0.460 e. The van der Waals surface area contributed by atoms with Crippen LogP contribution >= 0.6 is 0 Å². The van der Waals surface area contributed by atoms with Gasteiger partial charge in [0.25, 0.3) is 0 Å². The van der Waals surface area contributed by atoms with Gasteiger partial charge in [0.05, 0.1) is 18.6 Å². The Balaban J connectivity index is 1.28. The maximum atomic E-state index is 12.9. The molecule has 0 aliphatic carbocycles. The van der Waals surface area contributed by atoms with Crippen molar-refractivity contribution in [1.82, 2.24) is 20.9 Å². The molecule has 1 aromatic heterocycles. The molecule has 8 heteroatoms. The molecule has 1 unspecified atom stereocenters. The SMILES string of the molecule is CCC(=O)[C@H](CNC(=O)C1Cc2c([nH]c3ccccc23)CN1)NCC(=O)OCc1ccccc1. The van der Waals surface area contributed by atoms with E-state index in [4.69, 9.17) is 4.74 Å². The van der Waals surface area contributed by atoms with Gasteiger partial charge >= 0.3 is 5.97 Å². The average Bonchev–Trinajstić information content (AvgIpc) is 3.25. The van der Waals surface area contributed by atoms with Gasteiger partial charge in [0.15, 0.2) is 5.78 Å². The predicted octanol–water partition coefficient (Wildman–Crippen LogP) is 1.98. The zero-order valence-electron chi connectivity index (χ0n) is 19.2. The second-order valence-corrected chi connectivity index (χ2v) is 8.41. The van der Waals surface area contributed by atoms with Crippen LogP contribution < -0.4 is 16.0 Å². The zero-order chi connectivity index (χ0) is 23.9. The Morgan fingerprint density at radius 1 is 1.09 bits per heavy atom. The van der Waals surface area contributed by atoms with Crippen LogP contribution in [0.25, 0.3) is 10.9 Å². The molecule has 4 rings (SSSR count). The second kappa shape index (κ2) is 11.1. The minimum Gasteiger partial charge on any atom is -0.460 e. The van der Waals surface area contributed by atoms with Gasteiger partial charge < -0.3 is 15.0 Å². The molecule has 2 aromatic carbocycles. The zero-order valence-corrected chi connectivity index (χ0v) is 19.2. The number of esters is 1. The van der Waals surface area contributed by atoms with Crippen molar-refractivity contribution >= 4 is 28.6 Å². The molecule has 1 aliphatic heterocycles. The fraction of sp³-hybridized carbons (Fsp3) is 0.346. The first-order valence-corrected chi connectivity index (χ1v) is 11.6. The molecule has 178 valence electrons. The van der Waals surface area contributed by atoms with Crippen LogP contribution in [0.3, 0.4) is 0 Å². The number of ketones is 1. The lowest BCUT2D eigenvalue weighted by molar-refractivity contribution is -0.144. The lowest BCUT2D eigenvalue weighted by Gasteiger charge is -2.25. The molecule has 2 atom stereocenters. The number of nitrogens with one attached hydrogen (secondary N) is 4. The number of hydrogen-bond acceptors (Lipinski definition) is 6. The Morgan fingerprint density at radius 2 is 1.85 bits per heavy atom. The molecular formula is C26H30N4O4. The molecule has 3 aromatic rings. The highest BCUT2D eigenvalue weighted by Crippen LogP contribution is 2.26. The summed E-state index contributed by atoms with van der Waals surface area (Å²) in [5, 5.41) is 10.2. The number of rotatable bonds is 10. The number of para-hydroxylation sites is 1. The van der Waals surface area contributed by atoms with E-state index in [0.29, 0.717) is 19.4 Å². The number of Topliss-reactive ketones (excluding diaryl/α,β-unsaturated/α-hetero) is 1. The fourth-order valence-corrected chi connectivity index (χ4v) is 4.19. The quantitative estimate of drug-likeness (QED) is 0.343. The van der Waals surface area contributed by atoms with Crippen LogP contribution in [0.2, 0.25) is 0 Å². The number of carbonyl (C=O) groups is 3. The normalized spacial score (nSPS) is 16.0. The molecule has 0 saturated heterocycles. The molecule has 0 fully saturated rings. The summed E-state index contributed by atoms with van der Waals surface area (Å²) in [6, 6.07) is 16.4. The van der Waals surface area contributed by atoms with Crippen LogP contribution in [-0.4, -0.2) is 47.8 Å². The summed E-state index contributed by atoms with van der Waals surface area (Å²) in [5.74, 6) is -0.699. The van der Waals surface area contributed by atoms with Crippen molar-refractivity contribution in [1.29, 1.82) is 0 Å². The highest BCUT2D eigenvalue weighted by atomic mass is 16.5. The third-order valence-corrected chi connectivity index (χ3v) is 6.10. The molecular weight excluding hydrogens is 432 g/mol. The maximum absolute atomic E-state index is 12.9. The molecule has 34 heavy (non-hydrogen) atoms. The molecule has 0 saturated carbocycles. The number of aromatic nitrogens is 1. The Bertz CT molecular complexity index is 1160. The van der Waals surface area contributed by atoms with E-state index in [0.717, 1.165) is 27.7 Å². The van der Waals surface area contributed by atoms with Gasteiger partial charge in [-0.3, -0.25) is 25.0 Å². The van der Waals surface area contributed by atoms with Crippen LogP contribution in [0.15, 0.2) is 54.6 Å². The smallest absolute Gasteiger partial charge is 0.320 e.